The standard InChI is InChI=1S/C21H31ClN6O/c1-16(2)13-20(21-23-24-25-28(21)15-19-7-4-12-29-19)27-10-8-26(9-11-27)18-6-3-5-17(22)14-18/h3,5-6,14,16,19-20H,4,7-13,15H2,1-2H3/t19-,20+/m0/s1. The van der Waals surface area contributed by atoms with Crippen LogP contribution in [-0.4, -0.2) is 64.0 Å². The van der Waals surface area contributed by atoms with Gasteiger partial charge < -0.3 is 9.64 Å². The molecule has 0 saturated carbocycles. The summed E-state index contributed by atoms with van der Waals surface area (Å²) in [6, 6.07) is 8.35. The van der Waals surface area contributed by atoms with Crippen LogP contribution in [0.15, 0.2) is 24.3 Å². The molecular formula is C21H31ClN6O. The molecule has 2 fully saturated rings. The first kappa shape index (κ1) is 20.6. The summed E-state index contributed by atoms with van der Waals surface area (Å²) in [6.45, 7) is 10.0. The first-order valence-electron chi connectivity index (χ1n) is 10.7. The molecule has 0 bridgehead atoms. The molecule has 1 aromatic heterocycles. The van der Waals surface area contributed by atoms with Crippen LogP contribution in [-0.2, 0) is 11.3 Å². The quantitative estimate of drug-likeness (QED) is 0.686. The second-order valence-electron chi connectivity index (χ2n) is 8.50. The van der Waals surface area contributed by atoms with E-state index in [9.17, 15) is 0 Å². The summed E-state index contributed by atoms with van der Waals surface area (Å²) in [6.07, 6.45) is 3.50. The van der Waals surface area contributed by atoms with Crippen molar-refractivity contribution in [2.75, 3.05) is 37.7 Å². The van der Waals surface area contributed by atoms with Crippen LogP contribution < -0.4 is 4.90 Å². The molecule has 0 amide bonds. The van der Waals surface area contributed by atoms with E-state index < -0.39 is 0 Å². The molecule has 2 aromatic rings. The van der Waals surface area contributed by atoms with Crippen molar-refractivity contribution in [3.8, 4) is 0 Å². The van der Waals surface area contributed by atoms with Gasteiger partial charge in [0.25, 0.3) is 0 Å². The second-order valence-corrected chi connectivity index (χ2v) is 8.94. The molecule has 29 heavy (non-hydrogen) atoms. The van der Waals surface area contributed by atoms with Crippen LogP contribution in [0.5, 0.6) is 0 Å². The molecule has 0 unspecified atom stereocenters. The van der Waals surface area contributed by atoms with E-state index in [0.717, 1.165) is 69.4 Å². The fraction of sp³-hybridized carbons (Fsp3) is 0.667. The zero-order valence-corrected chi connectivity index (χ0v) is 18.1. The predicted molar refractivity (Wildman–Crippen MR) is 114 cm³/mol. The SMILES string of the molecule is CC(C)C[C@H](c1nnnn1C[C@@H]1CCCO1)N1CCN(c2cccc(Cl)c2)CC1. The number of benzene rings is 1. The number of anilines is 1. The van der Waals surface area contributed by atoms with Gasteiger partial charge in [0.15, 0.2) is 5.82 Å². The molecule has 8 heteroatoms. The van der Waals surface area contributed by atoms with Crippen LogP contribution in [0.3, 0.4) is 0 Å². The summed E-state index contributed by atoms with van der Waals surface area (Å²) in [5.74, 6) is 1.55. The van der Waals surface area contributed by atoms with Crippen molar-refractivity contribution in [1.82, 2.24) is 25.1 Å². The highest BCUT2D eigenvalue weighted by atomic mass is 35.5. The van der Waals surface area contributed by atoms with E-state index in [4.69, 9.17) is 16.3 Å². The van der Waals surface area contributed by atoms with E-state index in [1.54, 1.807) is 0 Å². The van der Waals surface area contributed by atoms with Gasteiger partial charge in [-0.3, -0.25) is 4.90 Å². The molecule has 2 atom stereocenters. The van der Waals surface area contributed by atoms with E-state index in [2.05, 4.69) is 45.2 Å². The highest BCUT2D eigenvalue weighted by Crippen LogP contribution is 2.29. The molecule has 158 valence electrons. The van der Waals surface area contributed by atoms with Gasteiger partial charge in [-0.25, -0.2) is 4.68 Å². The van der Waals surface area contributed by atoms with E-state index in [1.807, 2.05) is 22.9 Å². The molecule has 0 N–H and O–H groups in total. The molecule has 7 nitrogen and oxygen atoms in total. The third-order valence-corrected chi connectivity index (χ3v) is 6.12. The number of aromatic nitrogens is 4. The van der Waals surface area contributed by atoms with Crippen molar-refractivity contribution in [1.29, 1.82) is 0 Å². The first-order chi connectivity index (χ1) is 14.1. The average Bonchev–Trinajstić information content (AvgIpc) is 3.39. The van der Waals surface area contributed by atoms with Crippen LogP contribution in [0.2, 0.25) is 5.02 Å². The first-order valence-corrected chi connectivity index (χ1v) is 11.1. The summed E-state index contributed by atoms with van der Waals surface area (Å²) in [7, 11) is 0. The Morgan fingerprint density at radius 1 is 1.21 bits per heavy atom. The number of hydrogen-bond donors (Lipinski definition) is 0. The predicted octanol–water partition coefficient (Wildman–Crippen LogP) is 3.41. The number of hydrogen-bond acceptors (Lipinski definition) is 6. The largest absolute Gasteiger partial charge is 0.376 e. The maximum absolute atomic E-state index is 6.18. The highest BCUT2D eigenvalue weighted by molar-refractivity contribution is 6.30. The van der Waals surface area contributed by atoms with Gasteiger partial charge in [-0.15, -0.1) is 5.10 Å². The summed E-state index contributed by atoms with van der Waals surface area (Å²) in [5.41, 5.74) is 1.20. The number of ether oxygens (including phenoxy) is 1. The Morgan fingerprint density at radius 2 is 2.03 bits per heavy atom. The normalized spacial score (nSPS) is 21.8. The Kier molecular flexibility index (Phi) is 6.67. The van der Waals surface area contributed by atoms with Crippen LogP contribution in [0.4, 0.5) is 5.69 Å². The minimum Gasteiger partial charge on any atom is -0.376 e. The summed E-state index contributed by atoms with van der Waals surface area (Å²) >= 11 is 6.18. The zero-order chi connectivity index (χ0) is 20.2. The second kappa shape index (κ2) is 9.41. The Morgan fingerprint density at radius 3 is 2.72 bits per heavy atom. The molecule has 2 aliphatic heterocycles. The molecule has 2 saturated heterocycles. The molecule has 2 aliphatic rings. The van der Waals surface area contributed by atoms with Gasteiger partial charge in [0.05, 0.1) is 18.7 Å². The molecule has 0 spiro atoms. The van der Waals surface area contributed by atoms with Gasteiger partial charge in [0.1, 0.15) is 0 Å². The van der Waals surface area contributed by atoms with Crippen molar-refractivity contribution in [2.45, 2.75) is 51.8 Å². The third kappa shape index (κ3) is 5.08. The van der Waals surface area contributed by atoms with Gasteiger partial charge >= 0.3 is 0 Å². The molecule has 0 aliphatic carbocycles. The van der Waals surface area contributed by atoms with Gasteiger partial charge in [-0.2, -0.15) is 0 Å². The monoisotopic (exact) mass is 418 g/mol. The maximum atomic E-state index is 6.18. The van der Waals surface area contributed by atoms with Crippen LogP contribution in [0, 0.1) is 5.92 Å². The van der Waals surface area contributed by atoms with Crippen molar-refractivity contribution in [2.24, 2.45) is 5.92 Å². The van der Waals surface area contributed by atoms with E-state index in [-0.39, 0.29) is 12.1 Å². The Bertz CT molecular complexity index is 783. The van der Waals surface area contributed by atoms with Crippen molar-refractivity contribution in [3.05, 3.63) is 35.1 Å². The number of rotatable bonds is 7. The van der Waals surface area contributed by atoms with Gasteiger partial charge in [-0.05, 0) is 53.8 Å². The van der Waals surface area contributed by atoms with E-state index in [1.165, 1.54) is 5.69 Å². The lowest BCUT2D eigenvalue weighted by Gasteiger charge is -2.40. The lowest BCUT2D eigenvalue weighted by Crippen LogP contribution is -2.48. The number of nitrogens with zero attached hydrogens (tertiary/aromatic N) is 6. The van der Waals surface area contributed by atoms with Crippen LogP contribution in [0.25, 0.3) is 0 Å². The molecule has 4 rings (SSSR count). The molecule has 3 heterocycles. The van der Waals surface area contributed by atoms with Crippen molar-refractivity contribution in [3.63, 3.8) is 0 Å². The van der Waals surface area contributed by atoms with E-state index >= 15 is 0 Å². The smallest absolute Gasteiger partial charge is 0.168 e. The zero-order valence-electron chi connectivity index (χ0n) is 17.4. The molecular weight excluding hydrogens is 388 g/mol. The lowest BCUT2D eigenvalue weighted by molar-refractivity contribution is 0.0885. The maximum Gasteiger partial charge on any atom is 0.168 e. The molecule has 0 radical (unpaired) electrons. The van der Waals surface area contributed by atoms with Crippen LogP contribution in [0.1, 0.15) is 45.0 Å². The minimum absolute atomic E-state index is 0.230. The van der Waals surface area contributed by atoms with Gasteiger partial charge in [0, 0.05) is 43.5 Å². The Hall–Kier alpha value is -1.70. The fourth-order valence-electron chi connectivity index (χ4n) is 4.39. The van der Waals surface area contributed by atoms with E-state index in [0.29, 0.717) is 5.92 Å². The lowest BCUT2D eigenvalue weighted by atomic mass is 10.0. The van der Waals surface area contributed by atoms with Gasteiger partial charge in [-0.1, -0.05) is 31.5 Å². The highest BCUT2D eigenvalue weighted by Gasteiger charge is 2.31. The minimum atomic E-state index is 0.230. The summed E-state index contributed by atoms with van der Waals surface area (Å²) < 4.78 is 7.79. The average molecular weight is 419 g/mol. The van der Waals surface area contributed by atoms with Crippen LogP contribution >= 0.6 is 11.6 Å². The third-order valence-electron chi connectivity index (χ3n) is 5.88. The Labute approximate surface area is 178 Å². The number of halogens is 1. The van der Waals surface area contributed by atoms with Gasteiger partial charge in [0.2, 0.25) is 0 Å². The molecule has 1 aromatic carbocycles. The topological polar surface area (TPSA) is 59.3 Å². The fourth-order valence-corrected chi connectivity index (χ4v) is 4.57. The van der Waals surface area contributed by atoms with Crippen molar-refractivity contribution < 1.29 is 4.74 Å². The van der Waals surface area contributed by atoms with Crippen molar-refractivity contribution >= 4 is 17.3 Å². The summed E-state index contributed by atoms with van der Waals surface area (Å²) in [5, 5.41) is 13.6. The summed E-state index contributed by atoms with van der Waals surface area (Å²) in [4.78, 5) is 4.95. The number of tetrazole rings is 1. The number of piperazine rings is 1. The Balaban J connectivity index is 1.46.